The van der Waals surface area contributed by atoms with E-state index < -0.39 is 0 Å². The number of para-hydroxylation sites is 3. The summed E-state index contributed by atoms with van der Waals surface area (Å²) in [7, 11) is 1.60. The van der Waals surface area contributed by atoms with Crippen molar-refractivity contribution in [3.8, 4) is 17.2 Å². The van der Waals surface area contributed by atoms with Crippen molar-refractivity contribution in [2.45, 2.75) is 6.92 Å². The summed E-state index contributed by atoms with van der Waals surface area (Å²) >= 11 is 0. The van der Waals surface area contributed by atoms with Gasteiger partial charge in [0.2, 0.25) is 5.91 Å². The van der Waals surface area contributed by atoms with Crippen LogP contribution < -0.4 is 20.1 Å². The highest BCUT2D eigenvalue weighted by molar-refractivity contribution is 5.95. The van der Waals surface area contributed by atoms with Crippen LogP contribution in [0.25, 0.3) is 0 Å². The molecule has 3 rings (SSSR count). The van der Waals surface area contributed by atoms with Crippen molar-refractivity contribution < 1.29 is 14.3 Å². The smallest absolute Gasteiger partial charge is 0.243 e. The lowest BCUT2D eigenvalue weighted by atomic mass is 10.2. The van der Waals surface area contributed by atoms with Crippen molar-refractivity contribution in [1.29, 1.82) is 0 Å². The third-order valence-electron chi connectivity index (χ3n) is 3.93. The van der Waals surface area contributed by atoms with E-state index in [9.17, 15) is 4.79 Å². The fourth-order valence-electron chi connectivity index (χ4n) is 2.60. The van der Waals surface area contributed by atoms with Gasteiger partial charge in [0, 0.05) is 0 Å². The summed E-state index contributed by atoms with van der Waals surface area (Å²) in [5, 5.41) is 6.00. The van der Waals surface area contributed by atoms with Gasteiger partial charge in [0.05, 0.1) is 25.0 Å². The minimum Gasteiger partial charge on any atom is -0.495 e. The molecule has 2 N–H and O–H groups in total. The largest absolute Gasteiger partial charge is 0.495 e. The van der Waals surface area contributed by atoms with Crippen LogP contribution in [0.1, 0.15) is 5.56 Å². The maximum Gasteiger partial charge on any atom is 0.243 e. The van der Waals surface area contributed by atoms with E-state index in [1.54, 1.807) is 7.11 Å². The molecule has 27 heavy (non-hydrogen) atoms. The van der Waals surface area contributed by atoms with Gasteiger partial charge in [-0.05, 0) is 48.9 Å². The number of ether oxygens (including phenoxy) is 2. The molecule has 0 aliphatic rings. The number of methoxy groups -OCH3 is 1. The van der Waals surface area contributed by atoms with Gasteiger partial charge >= 0.3 is 0 Å². The number of benzene rings is 3. The second kappa shape index (κ2) is 8.76. The Balaban J connectivity index is 1.66. The fraction of sp³-hybridized carbons (Fsp3) is 0.136. The summed E-state index contributed by atoms with van der Waals surface area (Å²) in [6.07, 6.45) is 0. The zero-order chi connectivity index (χ0) is 19.1. The lowest BCUT2D eigenvalue weighted by Crippen LogP contribution is -2.22. The number of hydrogen-bond acceptors (Lipinski definition) is 4. The van der Waals surface area contributed by atoms with Gasteiger partial charge in [-0.25, -0.2) is 0 Å². The van der Waals surface area contributed by atoms with E-state index >= 15 is 0 Å². The van der Waals surface area contributed by atoms with Crippen LogP contribution >= 0.6 is 0 Å². The molecule has 0 aromatic heterocycles. The van der Waals surface area contributed by atoms with Gasteiger partial charge in [-0.15, -0.1) is 0 Å². The molecular weight excluding hydrogens is 340 g/mol. The van der Waals surface area contributed by atoms with E-state index in [1.807, 2.05) is 79.7 Å². The fourth-order valence-corrected chi connectivity index (χ4v) is 2.60. The molecular formula is C22H22N2O3. The van der Waals surface area contributed by atoms with E-state index in [0.29, 0.717) is 22.9 Å². The number of rotatable bonds is 7. The van der Waals surface area contributed by atoms with Gasteiger partial charge in [0.25, 0.3) is 0 Å². The molecule has 1 amide bonds. The highest BCUT2D eigenvalue weighted by Crippen LogP contribution is 2.29. The summed E-state index contributed by atoms with van der Waals surface area (Å²) in [6.45, 7) is 2.10. The summed E-state index contributed by atoms with van der Waals surface area (Å²) in [5.74, 6) is 1.82. The normalized spacial score (nSPS) is 10.1. The van der Waals surface area contributed by atoms with Crippen molar-refractivity contribution in [2.24, 2.45) is 0 Å². The summed E-state index contributed by atoms with van der Waals surface area (Å²) in [5.41, 5.74) is 2.48. The van der Waals surface area contributed by atoms with E-state index in [1.165, 1.54) is 0 Å². The molecule has 0 heterocycles. The molecule has 0 aliphatic carbocycles. The van der Waals surface area contributed by atoms with E-state index in [0.717, 1.165) is 11.3 Å². The number of carbonyl (C=O) groups excluding carboxylic acids is 1. The van der Waals surface area contributed by atoms with Crippen LogP contribution in [-0.4, -0.2) is 19.6 Å². The summed E-state index contributed by atoms with van der Waals surface area (Å²) in [6, 6.07) is 22.6. The maximum atomic E-state index is 12.4. The lowest BCUT2D eigenvalue weighted by Gasteiger charge is -2.14. The number of nitrogens with one attached hydrogen (secondary N) is 2. The average Bonchev–Trinajstić information content (AvgIpc) is 2.69. The molecule has 0 fully saturated rings. The van der Waals surface area contributed by atoms with E-state index in [4.69, 9.17) is 9.47 Å². The van der Waals surface area contributed by atoms with Crippen molar-refractivity contribution in [2.75, 3.05) is 24.3 Å². The van der Waals surface area contributed by atoms with Crippen LogP contribution in [0.5, 0.6) is 17.2 Å². The molecule has 0 atom stereocenters. The van der Waals surface area contributed by atoms with E-state index in [-0.39, 0.29) is 12.5 Å². The number of hydrogen-bond donors (Lipinski definition) is 2. The monoisotopic (exact) mass is 362 g/mol. The Morgan fingerprint density at radius 1 is 0.889 bits per heavy atom. The van der Waals surface area contributed by atoms with Crippen LogP contribution in [0.2, 0.25) is 0 Å². The van der Waals surface area contributed by atoms with Gasteiger partial charge in [-0.3, -0.25) is 4.79 Å². The summed E-state index contributed by atoms with van der Waals surface area (Å²) in [4.78, 5) is 12.4. The molecule has 138 valence electrons. The average molecular weight is 362 g/mol. The molecule has 0 aliphatic heterocycles. The number of carbonyl (C=O) groups is 1. The quantitative estimate of drug-likeness (QED) is 0.631. The van der Waals surface area contributed by atoms with E-state index in [2.05, 4.69) is 10.6 Å². The Kier molecular flexibility index (Phi) is 5.94. The Morgan fingerprint density at radius 3 is 2.41 bits per heavy atom. The molecule has 0 saturated carbocycles. The Morgan fingerprint density at radius 2 is 1.63 bits per heavy atom. The molecule has 0 saturated heterocycles. The van der Waals surface area contributed by atoms with Crippen molar-refractivity contribution >= 4 is 17.3 Å². The standard InChI is InChI=1S/C22H22N2O3/c1-16-12-13-20(26-2)19(14-16)23-15-22(25)24-18-10-6-7-11-21(18)27-17-8-4-3-5-9-17/h3-14,23H,15H2,1-2H3,(H,24,25). The van der Waals surface area contributed by atoms with Crippen LogP contribution in [-0.2, 0) is 4.79 Å². The first-order valence-corrected chi connectivity index (χ1v) is 8.66. The SMILES string of the molecule is COc1ccc(C)cc1NCC(=O)Nc1ccccc1Oc1ccccc1. The second-order valence-electron chi connectivity index (χ2n) is 6.02. The van der Waals surface area contributed by atoms with Crippen molar-refractivity contribution in [3.05, 3.63) is 78.4 Å². The molecule has 5 heteroatoms. The van der Waals surface area contributed by atoms with Crippen molar-refractivity contribution in [3.63, 3.8) is 0 Å². The summed E-state index contributed by atoms with van der Waals surface area (Å²) < 4.78 is 11.2. The number of anilines is 2. The third-order valence-corrected chi connectivity index (χ3v) is 3.93. The molecule has 5 nitrogen and oxygen atoms in total. The van der Waals surface area contributed by atoms with Gasteiger partial charge in [0.15, 0.2) is 5.75 Å². The number of amides is 1. The van der Waals surface area contributed by atoms with Crippen LogP contribution in [0.3, 0.4) is 0 Å². The molecule has 0 spiro atoms. The Labute approximate surface area is 158 Å². The highest BCUT2D eigenvalue weighted by atomic mass is 16.5. The first-order chi connectivity index (χ1) is 13.2. The molecule has 0 bridgehead atoms. The minimum absolute atomic E-state index is 0.111. The predicted octanol–water partition coefficient (Wildman–Crippen LogP) is 4.85. The van der Waals surface area contributed by atoms with Gasteiger partial charge < -0.3 is 20.1 Å². The van der Waals surface area contributed by atoms with Crippen LogP contribution in [0.15, 0.2) is 72.8 Å². The first-order valence-electron chi connectivity index (χ1n) is 8.66. The van der Waals surface area contributed by atoms with Crippen LogP contribution in [0.4, 0.5) is 11.4 Å². The number of aryl methyl sites for hydroxylation is 1. The third kappa shape index (κ3) is 5.01. The Hall–Kier alpha value is -3.47. The van der Waals surface area contributed by atoms with Crippen molar-refractivity contribution in [1.82, 2.24) is 0 Å². The Bertz CT molecular complexity index is 910. The lowest BCUT2D eigenvalue weighted by molar-refractivity contribution is -0.114. The van der Waals surface area contributed by atoms with Crippen LogP contribution in [0, 0.1) is 6.92 Å². The highest BCUT2D eigenvalue weighted by Gasteiger charge is 2.10. The topological polar surface area (TPSA) is 59.6 Å². The minimum atomic E-state index is -0.178. The molecule has 3 aromatic carbocycles. The predicted molar refractivity (Wildman–Crippen MR) is 108 cm³/mol. The first kappa shape index (κ1) is 18.3. The molecule has 3 aromatic rings. The molecule has 0 unspecified atom stereocenters. The molecule has 0 radical (unpaired) electrons. The zero-order valence-electron chi connectivity index (χ0n) is 15.4. The maximum absolute atomic E-state index is 12.4. The second-order valence-corrected chi connectivity index (χ2v) is 6.02. The van der Waals surface area contributed by atoms with Gasteiger partial charge in [0.1, 0.15) is 11.5 Å². The van der Waals surface area contributed by atoms with Gasteiger partial charge in [-0.1, -0.05) is 36.4 Å². The zero-order valence-corrected chi connectivity index (χ0v) is 15.4. The van der Waals surface area contributed by atoms with Gasteiger partial charge in [-0.2, -0.15) is 0 Å².